The van der Waals surface area contributed by atoms with Gasteiger partial charge in [0.15, 0.2) is 0 Å². The van der Waals surface area contributed by atoms with Crippen LogP contribution in [-0.4, -0.2) is 72.1 Å². The van der Waals surface area contributed by atoms with Gasteiger partial charge in [-0.05, 0) is 54.8 Å². The Balaban J connectivity index is 1.48. The van der Waals surface area contributed by atoms with E-state index < -0.39 is 17.7 Å². The van der Waals surface area contributed by atoms with E-state index in [0.29, 0.717) is 42.3 Å². The maximum absolute atomic E-state index is 13.3. The summed E-state index contributed by atoms with van der Waals surface area (Å²) >= 11 is 6.27. The number of hydrogen-bond acceptors (Lipinski definition) is 6. The van der Waals surface area contributed by atoms with E-state index in [1.807, 2.05) is 19.1 Å². The minimum Gasteiger partial charge on any atom is -0.507 e. The molecule has 35 heavy (non-hydrogen) atoms. The highest BCUT2D eigenvalue weighted by molar-refractivity contribution is 6.46. The predicted octanol–water partition coefficient (Wildman–Crippen LogP) is 3.81. The van der Waals surface area contributed by atoms with Gasteiger partial charge in [0.05, 0.1) is 24.8 Å². The first kappa shape index (κ1) is 23.9. The van der Waals surface area contributed by atoms with E-state index in [1.54, 1.807) is 35.2 Å². The van der Waals surface area contributed by atoms with Crippen molar-refractivity contribution in [3.63, 3.8) is 0 Å². The van der Waals surface area contributed by atoms with Crippen LogP contribution in [-0.2, 0) is 20.7 Å². The Bertz CT molecular complexity index is 1170. The highest BCUT2D eigenvalue weighted by Gasteiger charge is 2.46. The first-order valence-electron chi connectivity index (χ1n) is 12.1. The lowest BCUT2D eigenvalue weighted by Crippen LogP contribution is -2.38. The van der Waals surface area contributed by atoms with Crippen LogP contribution in [0, 0.1) is 0 Å². The van der Waals surface area contributed by atoms with Crippen molar-refractivity contribution >= 4 is 29.1 Å². The second kappa shape index (κ2) is 10.0. The molecule has 0 bridgehead atoms. The van der Waals surface area contributed by atoms with Gasteiger partial charge in [-0.1, -0.05) is 23.7 Å². The van der Waals surface area contributed by atoms with E-state index in [-0.39, 0.29) is 17.4 Å². The van der Waals surface area contributed by atoms with Crippen LogP contribution in [0.3, 0.4) is 0 Å². The van der Waals surface area contributed by atoms with Crippen molar-refractivity contribution in [1.82, 2.24) is 9.80 Å². The lowest BCUT2D eigenvalue weighted by molar-refractivity contribution is -0.140. The third-order valence-corrected chi connectivity index (χ3v) is 7.09. The number of fused-ring (bicyclic) bond motifs is 1. The Morgan fingerprint density at radius 1 is 1.11 bits per heavy atom. The Morgan fingerprint density at radius 2 is 1.91 bits per heavy atom. The number of morpholine rings is 1. The number of aliphatic hydroxyl groups excluding tert-OH is 1. The van der Waals surface area contributed by atoms with Crippen LogP contribution in [0.2, 0.25) is 5.02 Å². The minimum absolute atomic E-state index is 0.0610. The topological polar surface area (TPSA) is 79.3 Å². The van der Waals surface area contributed by atoms with Gasteiger partial charge >= 0.3 is 0 Å². The number of carbonyl (C=O) groups excluding carboxylic acids is 2. The third-order valence-electron chi connectivity index (χ3n) is 6.85. The number of carbonyl (C=O) groups is 2. The molecule has 1 amide bonds. The van der Waals surface area contributed by atoms with Crippen molar-refractivity contribution < 1.29 is 24.2 Å². The highest BCUT2D eigenvalue weighted by Crippen LogP contribution is 2.41. The van der Waals surface area contributed by atoms with Gasteiger partial charge < -0.3 is 19.5 Å². The smallest absolute Gasteiger partial charge is 0.295 e. The zero-order valence-corrected chi connectivity index (χ0v) is 20.5. The second-order valence-corrected chi connectivity index (χ2v) is 9.75. The van der Waals surface area contributed by atoms with E-state index in [2.05, 4.69) is 4.90 Å². The molecule has 1 N–H and O–H groups in total. The molecule has 2 saturated heterocycles. The van der Waals surface area contributed by atoms with Crippen LogP contribution < -0.4 is 4.74 Å². The predicted molar refractivity (Wildman–Crippen MR) is 133 cm³/mol. The molecule has 8 heteroatoms. The van der Waals surface area contributed by atoms with Gasteiger partial charge in [0, 0.05) is 43.2 Å². The fraction of sp³-hybridized carbons (Fsp3) is 0.407. The molecule has 0 spiro atoms. The summed E-state index contributed by atoms with van der Waals surface area (Å²) in [5.74, 6) is -0.670. The van der Waals surface area contributed by atoms with Crippen LogP contribution in [0.5, 0.6) is 5.75 Å². The highest BCUT2D eigenvalue weighted by atomic mass is 35.5. The summed E-state index contributed by atoms with van der Waals surface area (Å²) in [6.07, 6.45) is 1.49. The van der Waals surface area contributed by atoms with Crippen molar-refractivity contribution in [3.8, 4) is 5.75 Å². The first-order chi connectivity index (χ1) is 16.9. The molecule has 184 valence electrons. The molecule has 3 heterocycles. The average Bonchev–Trinajstić information content (AvgIpc) is 3.35. The SMILES string of the molecule is C[C@@H]1Cc2cc(C(O)=C3C(=O)C(=O)N(CCCN4CCOCC4)[C@@H]3c3cccc(Cl)c3)ccc2O1. The molecule has 2 fully saturated rings. The fourth-order valence-electron chi connectivity index (χ4n) is 5.15. The largest absolute Gasteiger partial charge is 0.507 e. The van der Waals surface area contributed by atoms with Crippen molar-refractivity contribution in [2.24, 2.45) is 0 Å². The number of ether oxygens (including phenoxy) is 2. The standard InChI is InChI=1S/C27H29ClN2O5/c1-17-14-20-15-19(6-7-22(20)35-17)25(31)23-24(18-4-2-5-21(28)16-18)30(27(33)26(23)32)9-3-8-29-10-12-34-13-11-29/h2,4-7,15-17,24,31H,3,8-14H2,1H3/t17-,24-/m1/s1. The average molecular weight is 497 g/mol. The maximum Gasteiger partial charge on any atom is 0.295 e. The lowest BCUT2D eigenvalue weighted by Gasteiger charge is -2.29. The van der Waals surface area contributed by atoms with Gasteiger partial charge in [0.1, 0.15) is 17.6 Å². The molecule has 0 radical (unpaired) electrons. The number of hydrogen-bond donors (Lipinski definition) is 1. The summed E-state index contributed by atoms with van der Waals surface area (Å²) in [6, 6.07) is 11.8. The zero-order chi connectivity index (χ0) is 24.5. The first-order valence-corrected chi connectivity index (χ1v) is 12.4. The molecule has 0 saturated carbocycles. The van der Waals surface area contributed by atoms with E-state index in [9.17, 15) is 14.7 Å². The fourth-order valence-corrected chi connectivity index (χ4v) is 5.35. The number of benzene rings is 2. The normalized spacial score (nSPS) is 24.0. The summed E-state index contributed by atoms with van der Waals surface area (Å²) < 4.78 is 11.2. The van der Waals surface area contributed by atoms with E-state index in [0.717, 1.165) is 37.4 Å². The molecule has 0 aliphatic carbocycles. The lowest BCUT2D eigenvalue weighted by atomic mass is 9.94. The van der Waals surface area contributed by atoms with Gasteiger partial charge in [-0.3, -0.25) is 14.5 Å². The minimum atomic E-state index is -0.707. The Kier molecular flexibility index (Phi) is 6.82. The molecule has 7 nitrogen and oxygen atoms in total. The van der Waals surface area contributed by atoms with Crippen LogP contribution in [0.25, 0.3) is 5.76 Å². The van der Waals surface area contributed by atoms with Crippen molar-refractivity contribution in [2.45, 2.75) is 31.9 Å². The number of amides is 1. The number of Topliss-reactive ketones (excluding diaryl/α,β-unsaturated/α-hetero) is 1. The number of nitrogens with zero attached hydrogens (tertiary/aromatic N) is 2. The summed E-state index contributed by atoms with van der Waals surface area (Å²) in [6.45, 7) is 6.31. The van der Waals surface area contributed by atoms with Crippen LogP contribution in [0.1, 0.15) is 36.1 Å². The molecule has 3 aliphatic rings. The number of rotatable bonds is 6. The number of ketones is 1. The van der Waals surface area contributed by atoms with Gasteiger partial charge in [-0.25, -0.2) is 0 Å². The van der Waals surface area contributed by atoms with Gasteiger partial charge in [-0.2, -0.15) is 0 Å². The summed E-state index contributed by atoms with van der Waals surface area (Å²) in [5, 5.41) is 11.8. The molecule has 2 atom stereocenters. The summed E-state index contributed by atoms with van der Waals surface area (Å²) in [5.41, 5.74) is 2.26. The van der Waals surface area contributed by atoms with Gasteiger partial charge in [-0.15, -0.1) is 0 Å². The van der Waals surface area contributed by atoms with Crippen LogP contribution in [0.4, 0.5) is 0 Å². The van der Waals surface area contributed by atoms with Gasteiger partial charge in [0.2, 0.25) is 0 Å². The molecular formula is C27H29ClN2O5. The monoisotopic (exact) mass is 496 g/mol. The Hall–Kier alpha value is -2.87. The zero-order valence-electron chi connectivity index (χ0n) is 19.7. The maximum atomic E-state index is 13.3. The number of likely N-dealkylation sites (tertiary alicyclic amines) is 1. The third kappa shape index (κ3) is 4.81. The van der Waals surface area contributed by atoms with Crippen molar-refractivity contribution in [2.75, 3.05) is 39.4 Å². The molecule has 2 aromatic carbocycles. The van der Waals surface area contributed by atoms with E-state index in [1.165, 1.54) is 0 Å². The molecule has 0 aromatic heterocycles. The molecule has 2 aromatic rings. The Labute approximate surface area is 209 Å². The molecular weight excluding hydrogens is 468 g/mol. The number of halogens is 1. The Morgan fingerprint density at radius 3 is 2.69 bits per heavy atom. The van der Waals surface area contributed by atoms with E-state index in [4.69, 9.17) is 21.1 Å². The van der Waals surface area contributed by atoms with Crippen molar-refractivity contribution in [3.05, 3.63) is 69.8 Å². The molecule has 3 aliphatic heterocycles. The quantitative estimate of drug-likeness (QED) is 0.372. The summed E-state index contributed by atoms with van der Waals surface area (Å²) in [7, 11) is 0. The van der Waals surface area contributed by atoms with Crippen LogP contribution in [0.15, 0.2) is 48.0 Å². The number of aliphatic hydroxyl groups is 1. The second-order valence-electron chi connectivity index (χ2n) is 9.31. The summed E-state index contributed by atoms with van der Waals surface area (Å²) in [4.78, 5) is 30.3. The van der Waals surface area contributed by atoms with Gasteiger partial charge in [0.25, 0.3) is 11.7 Å². The molecule has 5 rings (SSSR count). The van der Waals surface area contributed by atoms with E-state index >= 15 is 0 Å². The van der Waals surface area contributed by atoms with Crippen molar-refractivity contribution in [1.29, 1.82) is 0 Å². The van der Waals surface area contributed by atoms with Crippen LogP contribution >= 0.6 is 11.6 Å². The molecule has 0 unspecified atom stereocenters.